The van der Waals surface area contributed by atoms with Crippen LogP contribution in [0.3, 0.4) is 0 Å². The molecule has 0 radical (unpaired) electrons. The van der Waals surface area contributed by atoms with Gasteiger partial charge >= 0.3 is 0 Å². The minimum Gasteiger partial charge on any atom is -0.355 e. The summed E-state index contributed by atoms with van der Waals surface area (Å²) in [6.45, 7) is 0.609. The summed E-state index contributed by atoms with van der Waals surface area (Å²) in [5.41, 5.74) is 4.18. The molecule has 0 heterocycles. The Hall–Kier alpha value is -2.88. The first-order chi connectivity index (χ1) is 12.7. The fourth-order valence-electron chi connectivity index (χ4n) is 3.26. The van der Waals surface area contributed by atoms with E-state index in [0.29, 0.717) is 17.7 Å². The maximum Gasteiger partial charge on any atom is 0.251 e. The molecule has 4 nitrogen and oxygen atoms in total. The van der Waals surface area contributed by atoms with Gasteiger partial charge in [0.05, 0.1) is 0 Å². The first-order valence-electron chi connectivity index (χ1n) is 9.06. The van der Waals surface area contributed by atoms with Gasteiger partial charge in [-0.25, -0.2) is 0 Å². The average molecular weight is 348 g/mol. The summed E-state index contributed by atoms with van der Waals surface area (Å²) in [4.78, 5) is 24.6. The molecule has 2 aromatic carbocycles. The molecule has 0 atom stereocenters. The topological polar surface area (TPSA) is 58.2 Å². The molecule has 0 saturated heterocycles. The molecular formula is C22H24N2O2. The van der Waals surface area contributed by atoms with Crippen LogP contribution in [-0.2, 0) is 0 Å². The van der Waals surface area contributed by atoms with Crippen LogP contribution in [0.1, 0.15) is 46.4 Å². The Morgan fingerprint density at radius 1 is 1.00 bits per heavy atom. The zero-order chi connectivity index (χ0) is 18.4. The van der Waals surface area contributed by atoms with Crippen LogP contribution in [0.15, 0.2) is 60.2 Å². The van der Waals surface area contributed by atoms with Crippen LogP contribution in [-0.4, -0.2) is 25.4 Å². The average Bonchev–Trinajstić information content (AvgIpc) is 2.72. The van der Waals surface area contributed by atoms with E-state index in [2.05, 4.69) is 16.7 Å². The van der Waals surface area contributed by atoms with Gasteiger partial charge in [-0.1, -0.05) is 42.0 Å². The highest BCUT2D eigenvalue weighted by Crippen LogP contribution is 2.25. The summed E-state index contributed by atoms with van der Waals surface area (Å²) in [7, 11) is 1.61. The van der Waals surface area contributed by atoms with Gasteiger partial charge in [0, 0.05) is 24.7 Å². The van der Waals surface area contributed by atoms with E-state index in [9.17, 15) is 9.59 Å². The lowest BCUT2D eigenvalue weighted by molar-refractivity contribution is 0.0952. The highest BCUT2D eigenvalue weighted by atomic mass is 16.2. The van der Waals surface area contributed by atoms with E-state index in [1.54, 1.807) is 19.2 Å². The quantitative estimate of drug-likeness (QED) is 0.804. The van der Waals surface area contributed by atoms with E-state index in [4.69, 9.17) is 0 Å². The third-order valence-corrected chi connectivity index (χ3v) is 4.70. The van der Waals surface area contributed by atoms with Crippen LogP contribution in [0, 0.1) is 0 Å². The van der Waals surface area contributed by atoms with Crippen LogP contribution < -0.4 is 10.6 Å². The number of rotatable bonds is 5. The van der Waals surface area contributed by atoms with Crippen molar-refractivity contribution in [3.8, 4) is 11.1 Å². The van der Waals surface area contributed by atoms with Gasteiger partial charge in [-0.2, -0.15) is 0 Å². The van der Waals surface area contributed by atoms with E-state index < -0.39 is 0 Å². The van der Waals surface area contributed by atoms with Crippen LogP contribution in [0.2, 0.25) is 0 Å². The number of hydrogen-bond acceptors (Lipinski definition) is 2. The smallest absolute Gasteiger partial charge is 0.251 e. The van der Waals surface area contributed by atoms with Gasteiger partial charge in [0.2, 0.25) is 0 Å². The maximum atomic E-state index is 12.5. The predicted octanol–water partition coefficient (Wildman–Crippen LogP) is 3.94. The Labute approximate surface area is 154 Å². The van der Waals surface area contributed by atoms with Crippen LogP contribution in [0.5, 0.6) is 0 Å². The number of allylic oxidation sites excluding steroid dienone is 1. The molecule has 0 fully saturated rings. The lowest BCUT2D eigenvalue weighted by Crippen LogP contribution is -2.26. The molecule has 2 aromatic rings. The number of nitrogens with one attached hydrogen (secondary N) is 2. The van der Waals surface area contributed by atoms with Gasteiger partial charge in [-0.05, 0) is 55.0 Å². The number of carbonyl (C=O) groups is 2. The van der Waals surface area contributed by atoms with Crippen molar-refractivity contribution >= 4 is 11.8 Å². The minimum atomic E-state index is -0.139. The molecule has 0 bridgehead atoms. The summed E-state index contributed by atoms with van der Waals surface area (Å²) in [6, 6.07) is 14.8. The maximum absolute atomic E-state index is 12.5. The zero-order valence-electron chi connectivity index (χ0n) is 15.0. The Bertz CT molecular complexity index is 840. The van der Waals surface area contributed by atoms with Crippen molar-refractivity contribution < 1.29 is 9.59 Å². The minimum absolute atomic E-state index is 0.0873. The number of carbonyl (C=O) groups excluding carboxylic acids is 2. The van der Waals surface area contributed by atoms with Crippen molar-refractivity contribution in [2.24, 2.45) is 0 Å². The molecule has 134 valence electrons. The largest absolute Gasteiger partial charge is 0.355 e. The molecule has 1 aliphatic carbocycles. The second kappa shape index (κ2) is 8.48. The molecular weight excluding hydrogens is 324 g/mol. The molecule has 26 heavy (non-hydrogen) atoms. The van der Waals surface area contributed by atoms with Crippen molar-refractivity contribution in [1.82, 2.24) is 10.6 Å². The molecule has 0 aliphatic heterocycles. The molecule has 2 N–H and O–H groups in total. The zero-order valence-corrected chi connectivity index (χ0v) is 15.0. The summed E-state index contributed by atoms with van der Waals surface area (Å²) >= 11 is 0. The lowest BCUT2D eigenvalue weighted by atomic mass is 9.97. The summed E-state index contributed by atoms with van der Waals surface area (Å²) < 4.78 is 0. The lowest BCUT2D eigenvalue weighted by Gasteiger charge is -2.14. The van der Waals surface area contributed by atoms with E-state index in [1.807, 2.05) is 36.4 Å². The predicted molar refractivity (Wildman–Crippen MR) is 104 cm³/mol. The highest BCUT2D eigenvalue weighted by molar-refractivity contribution is 6.01. The van der Waals surface area contributed by atoms with Crippen LogP contribution >= 0.6 is 0 Å². The number of amides is 2. The van der Waals surface area contributed by atoms with Gasteiger partial charge < -0.3 is 10.6 Å². The van der Waals surface area contributed by atoms with Crippen LogP contribution in [0.25, 0.3) is 11.1 Å². The number of benzene rings is 2. The third kappa shape index (κ3) is 4.20. The fourth-order valence-corrected chi connectivity index (χ4v) is 3.26. The normalized spacial score (nSPS) is 13.7. The van der Waals surface area contributed by atoms with Gasteiger partial charge in [-0.3, -0.25) is 9.59 Å². The van der Waals surface area contributed by atoms with Gasteiger partial charge in [0.1, 0.15) is 0 Å². The van der Waals surface area contributed by atoms with Crippen LogP contribution in [0.4, 0.5) is 0 Å². The van der Waals surface area contributed by atoms with Gasteiger partial charge in [0.15, 0.2) is 0 Å². The van der Waals surface area contributed by atoms with E-state index >= 15 is 0 Å². The molecule has 0 unspecified atom stereocenters. The standard InChI is InChI=1S/C22H24N2O2/c1-23-22(26)20-13-6-5-12-19(20)17-10-7-11-18(14-17)21(25)24-15-16-8-3-2-4-9-16/h5-8,10-14H,2-4,9,15H2,1H3,(H,23,26)(H,24,25). The van der Waals surface area contributed by atoms with Crippen molar-refractivity contribution in [1.29, 1.82) is 0 Å². The Kier molecular flexibility index (Phi) is 5.84. The fraction of sp³-hybridized carbons (Fsp3) is 0.273. The molecule has 3 rings (SSSR count). The van der Waals surface area contributed by atoms with Gasteiger partial charge in [0.25, 0.3) is 11.8 Å². The Balaban J connectivity index is 1.79. The molecule has 1 aliphatic rings. The Morgan fingerprint density at radius 3 is 2.62 bits per heavy atom. The monoisotopic (exact) mass is 348 g/mol. The highest BCUT2D eigenvalue weighted by Gasteiger charge is 2.13. The van der Waals surface area contributed by atoms with Crippen molar-refractivity contribution in [2.45, 2.75) is 25.7 Å². The second-order valence-electron chi connectivity index (χ2n) is 6.50. The molecule has 4 heteroatoms. The van der Waals surface area contributed by atoms with E-state index in [-0.39, 0.29) is 11.8 Å². The second-order valence-corrected chi connectivity index (χ2v) is 6.50. The first-order valence-corrected chi connectivity index (χ1v) is 9.06. The van der Waals surface area contributed by atoms with E-state index in [1.165, 1.54) is 18.4 Å². The molecule has 0 aromatic heterocycles. The third-order valence-electron chi connectivity index (χ3n) is 4.70. The first kappa shape index (κ1) is 17.9. The number of hydrogen-bond donors (Lipinski definition) is 2. The van der Waals surface area contributed by atoms with Crippen molar-refractivity contribution in [2.75, 3.05) is 13.6 Å². The molecule has 0 spiro atoms. The van der Waals surface area contributed by atoms with Gasteiger partial charge in [-0.15, -0.1) is 0 Å². The van der Waals surface area contributed by atoms with Crippen molar-refractivity contribution in [3.63, 3.8) is 0 Å². The molecule has 2 amide bonds. The summed E-state index contributed by atoms with van der Waals surface area (Å²) in [5, 5.41) is 5.67. The van der Waals surface area contributed by atoms with E-state index in [0.717, 1.165) is 24.0 Å². The molecule has 0 saturated carbocycles. The summed E-state index contributed by atoms with van der Waals surface area (Å²) in [6.07, 6.45) is 6.86. The SMILES string of the molecule is CNC(=O)c1ccccc1-c1cccc(C(=O)NCC2=CCCCC2)c1. The van der Waals surface area contributed by atoms with Crippen molar-refractivity contribution in [3.05, 3.63) is 71.3 Å². The summed E-state index contributed by atoms with van der Waals surface area (Å²) in [5.74, 6) is -0.226. The Morgan fingerprint density at radius 2 is 1.85 bits per heavy atom.